The summed E-state index contributed by atoms with van der Waals surface area (Å²) in [5.41, 5.74) is 0. The van der Waals surface area contributed by atoms with E-state index < -0.39 is 0 Å². The van der Waals surface area contributed by atoms with Gasteiger partial charge in [0.1, 0.15) is 0 Å². The van der Waals surface area contributed by atoms with Crippen molar-refractivity contribution in [2.45, 2.75) is 129 Å². The molecule has 0 saturated heterocycles. The summed E-state index contributed by atoms with van der Waals surface area (Å²) in [6.45, 7) is 5.63. The van der Waals surface area contributed by atoms with Crippen molar-refractivity contribution in [1.29, 1.82) is 0 Å². The zero-order valence-electron chi connectivity index (χ0n) is 20.9. The third kappa shape index (κ3) is 6.84. The van der Waals surface area contributed by atoms with Gasteiger partial charge in [0.25, 0.3) is 0 Å². The summed E-state index contributed by atoms with van der Waals surface area (Å²) < 4.78 is 6.51. The van der Waals surface area contributed by atoms with Crippen molar-refractivity contribution in [2.24, 2.45) is 41.4 Å². The molecule has 0 aromatic heterocycles. The van der Waals surface area contributed by atoms with E-state index in [0.717, 1.165) is 48.0 Å². The van der Waals surface area contributed by atoms with Crippen LogP contribution in [0.3, 0.4) is 0 Å². The van der Waals surface area contributed by atoms with Crippen LogP contribution in [-0.4, -0.2) is 12.7 Å². The Kier molecular flexibility index (Phi) is 9.42. The highest BCUT2D eigenvalue weighted by atomic mass is 16.5. The number of rotatable bonds is 7. The molecule has 0 bridgehead atoms. The molecule has 0 unspecified atom stereocenters. The van der Waals surface area contributed by atoms with E-state index in [-0.39, 0.29) is 0 Å². The van der Waals surface area contributed by atoms with Crippen molar-refractivity contribution in [2.75, 3.05) is 6.61 Å². The van der Waals surface area contributed by atoms with Crippen molar-refractivity contribution in [3.63, 3.8) is 0 Å². The van der Waals surface area contributed by atoms with Gasteiger partial charge in [-0.05, 0) is 138 Å². The molecule has 0 amide bonds. The van der Waals surface area contributed by atoms with Crippen LogP contribution in [0.1, 0.15) is 123 Å². The van der Waals surface area contributed by atoms with Crippen molar-refractivity contribution in [3.05, 3.63) is 12.2 Å². The van der Waals surface area contributed by atoms with Gasteiger partial charge in [0, 0.05) is 6.61 Å². The van der Waals surface area contributed by atoms with E-state index in [0.29, 0.717) is 6.10 Å². The molecule has 0 aromatic rings. The highest BCUT2D eigenvalue weighted by molar-refractivity contribution is 4.91. The van der Waals surface area contributed by atoms with Crippen LogP contribution in [0.15, 0.2) is 12.2 Å². The Hall–Kier alpha value is -0.300. The zero-order chi connectivity index (χ0) is 21.5. The quantitative estimate of drug-likeness (QED) is 0.368. The Bertz CT molecular complexity index is 507. The minimum atomic E-state index is 0.586. The molecule has 1 heteroatoms. The molecule has 4 rings (SSSR count). The molecule has 0 aromatic carbocycles. The van der Waals surface area contributed by atoms with Crippen LogP contribution in [0.5, 0.6) is 0 Å². The zero-order valence-corrected chi connectivity index (χ0v) is 20.9. The Morgan fingerprint density at radius 2 is 1.03 bits per heavy atom. The number of hydrogen-bond donors (Lipinski definition) is 0. The van der Waals surface area contributed by atoms with Crippen LogP contribution < -0.4 is 0 Å². The molecule has 0 N–H and O–H groups in total. The molecule has 4 fully saturated rings. The summed E-state index contributed by atoms with van der Waals surface area (Å²) in [5, 5.41) is 0. The van der Waals surface area contributed by atoms with Gasteiger partial charge in [-0.2, -0.15) is 0 Å². The van der Waals surface area contributed by atoms with Crippen molar-refractivity contribution < 1.29 is 4.74 Å². The van der Waals surface area contributed by atoms with E-state index in [1.165, 1.54) is 109 Å². The molecular formula is C30H52O. The lowest BCUT2D eigenvalue weighted by Gasteiger charge is -2.39. The van der Waals surface area contributed by atoms with E-state index in [2.05, 4.69) is 26.0 Å². The first kappa shape index (κ1) is 23.8. The second kappa shape index (κ2) is 12.2. The van der Waals surface area contributed by atoms with E-state index >= 15 is 0 Å². The average molecular weight is 429 g/mol. The summed E-state index contributed by atoms with van der Waals surface area (Å²) in [4.78, 5) is 0. The molecule has 0 spiro atoms. The Labute approximate surface area is 194 Å². The SMILES string of the molecule is C/C=C\C1CCC(C2CCC(COC3CCC(C4CCC(CC)CC4)CC3)CC2)CC1. The molecule has 0 heterocycles. The van der Waals surface area contributed by atoms with Gasteiger partial charge in [-0.3, -0.25) is 0 Å². The lowest BCUT2D eigenvalue weighted by molar-refractivity contribution is -0.0192. The lowest BCUT2D eigenvalue weighted by Crippen LogP contribution is -2.30. The molecule has 31 heavy (non-hydrogen) atoms. The predicted octanol–water partition coefficient (Wildman–Crippen LogP) is 8.97. The molecular weight excluding hydrogens is 376 g/mol. The Balaban J connectivity index is 1.08. The van der Waals surface area contributed by atoms with Gasteiger partial charge in [0.2, 0.25) is 0 Å². The highest BCUT2D eigenvalue weighted by Crippen LogP contribution is 2.43. The molecule has 0 atom stereocenters. The van der Waals surface area contributed by atoms with Crippen LogP contribution in [0.4, 0.5) is 0 Å². The Morgan fingerprint density at radius 3 is 1.52 bits per heavy atom. The molecule has 0 radical (unpaired) electrons. The third-order valence-corrected chi connectivity index (χ3v) is 10.3. The van der Waals surface area contributed by atoms with Crippen molar-refractivity contribution in [3.8, 4) is 0 Å². The topological polar surface area (TPSA) is 9.23 Å². The fourth-order valence-corrected chi connectivity index (χ4v) is 7.97. The molecule has 1 nitrogen and oxygen atoms in total. The first-order chi connectivity index (χ1) is 15.2. The van der Waals surface area contributed by atoms with Crippen LogP contribution in [-0.2, 0) is 4.74 Å². The first-order valence-electron chi connectivity index (χ1n) is 14.5. The van der Waals surface area contributed by atoms with Gasteiger partial charge in [0.15, 0.2) is 0 Å². The minimum absolute atomic E-state index is 0.586. The van der Waals surface area contributed by atoms with Crippen LogP contribution in [0.2, 0.25) is 0 Å². The summed E-state index contributed by atoms with van der Waals surface area (Å²) in [5.74, 6) is 6.92. The van der Waals surface area contributed by atoms with E-state index in [1.54, 1.807) is 0 Å². The monoisotopic (exact) mass is 428 g/mol. The second-order valence-corrected chi connectivity index (χ2v) is 12.0. The van der Waals surface area contributed by atoms with Gasteiger partial charge in [-0.1, -0.05) is 38.3 Å². The maximum absolute atomic E-state index is 6.51. The maximum Gasteiger partial charge on any atom is 0.0575 e. The molecule has 178 valence electrons. The van der Waals surface area contributed by atoms with Gasteiger partial charge in [0.05, 0.1) is 6.10 Å². The van der Waals surface area contributed by atoms with Crippen LogP contribution >= 0.6 is 0 Å². The van der Waals surface area contributed by atoms with Crippen LogP contribution in [0, 0.1) is 41.4 Å². The molecule has 4 aliphatic rings. The van der Waals surface area contributed by atoms with E-state index in [1.807, 2.05) is 0 Å². The maximum atomic E-state index is 6.51. The standard InChI is InChI=1S/C30H52O/c1-3-5-24-8-14-27(15-9-24)28-16-10-25(11-17-28)22-31-30-20-18-29(19-21-30)26-12-6-23(4-2)7-13-26/h3,5,23-30H,4,6-22H2,1-2H3/b5-3-. The number of allylic oxidation sites excluding steroid dienone is 2. The van der Waals surface area contributed by atoms with E-state index in [9.17, 15) is 0 Å². The summed E-state index contributed by atoms with van der Waals surface area (Å²) in [6.07, 6.45) is 30.1. The van der Waals surface area contributed by atoms with E-state index in [4.69, 9.17) is 4.74 Å². The molecule has 4 saturated carbocycles. The third-order valence-electron chi connectivity index (χ3n) is 10.3. The summed E-state index contributed by atoms with van der Waals surface area (Å²) >= 11 is 0. The van der Waals surface area contributed by atoms with Gasteiger partial charge >= 0.3 is 0 Å². The Morgan fingerprint density at radius 1 is 0.581 bits per heavy atom. The summed E-state index contributed by atoms with van der Waals surface area (Å²) in [6, 6.07) is 0. The molecule has 0 aliphatic heterocycles. The van der Waals surface area contributed by atoms with Gasteiger partial charge in [-0.25, -0.2) is 0 Å². The predicted molar refractivity (Wildman–Crippen MR) is 133 cm³/mol. The number of hydrogen-bond acceptors (Lipinski definition) is 1. The minimum Gasteiger partial charge on any atom is -0.378 e. The van der Waals surface area contributed by atoms with Gasteiger partial charge in [-0.15, -0.1) is 0 Å². The summed E-state index contributed by atoms with van der Waals surface area (Å²) in [7, 11) is 0. The largest absolute Gasteiger partial charge is 0.378 e. The second-order valence-electron chi connectivity index (χ2n) is 12.0. The first-order valence-corrected chi connectivity index (χ1v) is 14.5. The van der Waals surface area contributed by atoms with Crippen molar-refractivity contribution in [1.82, 2.24) is 0 Å². The fourth-order valence-electron chi connectivity index (χ4n) is 7.97. The van der Waals surface area contributed by atoms with Crippen LogP contribution in [0.25, 0.3) is 0 Å². The normalized spacial score (nSPS) is 42.6. The smallest absolute Gasteiger partial charge is 0.0575 e. The average Bonchev–Trinajstić information content (AvgIpc) is 2.84. The van der Waals surface area contributed by atoms with Gasteiger partial charge < -0.3 is 4.74 Å². The van der Waals surface area contributed by atoms with Crippen molar-refractivity contribution >= 4 is 0 Å². The fraction of sp³-hybridized carbons (Fsp3) is 0.933. The molecule has 4 aliphatic carbocycles. The lowest BCUT2D eigenvalue weighted by atomic mass is 9.69. The number of ether oxygens (including phenoxy) is 1. The highest BCUT2D eigenvalue weighted by Gasteiger charge is 2.33.